The fraction of sp³-hybridized carbons (Fsp3) is 0.500. The van der Waals surface area contributed by atoms with Gasteiger partial charge in [-0.25, -0.2) is 4.98 Å². The van der Waals surface area contributed by atoms with Gasteiger partial charge in [0.25, 0.3) is 5.56 Å². The summed E-state index contributed by atoms with van der Waals surface area (Å²) in [5, 5.41) is 9.50. The molecule has 0 bridgehead atoms. The number of hydrogen-bond acceptors (Lipinski definition) is 5. The van der Waals surface area contributed by atoms with Crippen molar-refractivity contribution in [1.29, 1.82) is 0 Å². The Bertz CT molecular complexity index is 799. The zero-order valence-electron chi connectivity index (χ0n) is 13.6. The van der Waals surface area contributed by atoms with Gasteiger partial charge in [0.05, 0.1) is 12.7 Å². The van der Waals surface area contributed by atoms with Crippen molar-refractivity contribution in [3.05, 3.63) is 22.9 Å². The molecule has 0 fully saturated rings. The van der Waals surface area contributed by atoms with Gasteiger partial charge in [-0.1, -0.05) is 0 Å². The Hall–Kier alpha value is -2.71. The van der Waals surface area contributed by atoms with Crippen molar-refractivity contribution in [3.63, 3.8) is 0 Å². The highest BCUT2D eigenvalue weighted by Crippen LogP contribution is 2.02. The maximum Gasteiger partial charge on any atom is 0.264 e. The molecule has 0 aliphatic heterocycles. The molecule has 2 N–H and O–H groups in total. The van der Waals surface area contributed by atoms with Gasteiger partial charge in [-0.2, -0.15) is 5.10 Å². The smallest absolute Gasteiger partial charge is 0.264 e. The lowest BCUT2D eigenvalue weighted by atomic mass is 10.1. The number of carbonyl (C=O) groups excluding carboxylic acids is 2. The predicted octanol–water partition coefficient (Wildman–Crippen LogP) is -0.839. The van der Waals surface area contributed by atoms with Crippen LogP contribution in [-0.4, -0.2) is 43.2 Å². The van der Waals surface area contributed by atoms with E-state index < -0.39 is 5.91 Å². The van der Waals surface area contributed by atoms with E-state index >= 15 is 0 Å². The molecule has 2 aromatic rings. The van der Waals surface area contributed by atoms with Crippen LogP contribution in [0, 0.1) is 0 Å². The molecular formula is C14H20N6O3. The number of nitrogens with one attached hydrogen (secondary N) is 2. The Morgan fingerprint density at radius 3 is 2.61 bits per heavy atom. The standard InChI is InChI=1S/C14H20N6O3/c1-14(2,3)18-10(21)6-15-11(22)7-20-8-16-12-9(13(20)23)5-17-19(12)4/h5,8H,6-7H2,1-4H3,(H,15,22)(H,18,21). The van der Waals surface area contributed by atoms with E-state index in [1.165, 1.54) is 21.8 Å². The van der Waals surface area contributed by atoms with Crippen LogP contribution in [0.3, 0.4) is 0 Å². The van der Waals surface area contributed by atoms with Gasteiger partial charge >= 0.3 is 0 Å². The van der Waals surface area contributed by atoms with Crippen LogP contribution in [0.25, 0.3) is 11.0 Å². The minimum absolute atomic E-state index is 0.145. The molecule has 0 atom stereocenters. The zero-order chi connectivity index (χ0) is 17.2. The summed E-state index contributed by atoms with van der Waals surface area (Å²) in [5.41, 5.74) is -0.262. The maximum atomic E-state index is 12.2. The predicted molar refractivity (Wildman–Crippen MR) is 83.7 cm³/mol. The van der Waals surface area contributed by atoms with E-state index in [4.69, 9.17) is 0 Å². The van der Waals surface area contributed by atoms with Crippen LogP contribution in [-0.2, 0) is 23.2 Å². The molecule has 0 aromatic carbocycles. The number of aromatic nitrogens is 4. The fourth-order valence-electron chi connectivity index (χ4n) is 2.03. The first kappa shape index (κ1) is 16.7. The lowest BCUT2D eigenvalue weighted by Gasteiger charge is -2.20. The molecule has 2 amide bonds. The highest BCUT2D eigenvalue weighted by Gasteiger charge is 2.15. The highest BCUT2D eigenvalue weighted by atomic mass is 16.2. The van der Waals surface area contributed by atoms with Crippen molar-refractivity contribution < 1.29 is 9.59 Å². The number of amides is 2. The van der Waals surface area contributed by atoms with Crippen molar-refractivity contribution >= 4 is 22.8 Å². The van der Waals surface area contributed by atoms with Crippen LogP contribution in [0.4, 0.5) is 0 Å². The number of aryl methyl sites for hydroxylation is 1. The lowest BCUT2D eigenvalue weighted by Crippen LogP contribution is -2.46. The number of rotatable bonds is 4. The van der Waals surface area contributed by atoms with Gasteiger partial charge in [0, 0.05) is 12.6 Å². The lowest BCUT2D eigenvalue weighted by molar-refractivity contribution is -0.127. The Balaban J connectivity index is 2.00. The Morgan fingerprint density at radius 2 is 1.96 bits per heavy atom. The SMILES string of the molecule is Cn1ncc2c(=O)n(CC(=O)NCC(=O)NC(C)(C)C)cnc21. The molecule has 124 valence electrons. The summed E-state index contributed by atoms with van der Waals surface area (Å²) in [7, 11) is 1.68. The molecule has 0 spiro atoms. The molecule has 0 unspecified atom stereocenters. The zero-order valence-corrected chi connectivity index (χ0v) is 13.6. The number of hydrogen-bond donors (Lipinski definition) is 2. The van der Waals surface area contributed by atoms with Crippen LogP contribution < -0.4 is 16.2 Å². The minimum atomic E-state index is -0.443. The molecule has 23 heavy (non-hydrogen) atoms. The first-order valence-corrected chi connectivity index (χ1v) is 7.12. The summed E-state index contributed by atoms with van der Waals surface area (Å²) < 4.78 is 2.67. The van der Waals surface area contributed by atoms with Gasteiger partial charge in [0.15, 0.2) is 5.65 Å². The van der Waals surface area contributed by atoms with Crippen molar-refractivity contribution in [3.8, 4) is 0 Å². The molecule has 9 heteroatoms. The number of fused-ring (bicyclic) bond motifs is 1. The summed E-state index contributed by atoms with van der Waals surface area (Å²) in [4.78, 5) is 39.8. The van der Waals surface area contributed by atoms with Crippen molar-refractivity contribution in [2.45, 2.75) is 32.9 Å². The van der Waals surface area contributed by atoms with Gasteiger partial charge in [-0.15, -0.1) is 0 Å². The monoisotopic (exact) mass is 320 g/mol. The van der Waals surface area contributed by atoms with E-state index in [2.05, 4.69) is 20.7 Å². The van der Waals surface area contributed by atoms with Gasteiger partial charge in [-0.3, -0.25) is 23.6 Å². The van der Waals surface area contributed by atoms with Crippen molar-refractivity contribution in [2.75, 3.05) is 6.54 Å². The largest absolute Gasteiger partial charge is 0.350 e. The Kier molecular flexibility index (Phi) is 4.48. The van der Waals surface area contributed by atoms with Crippen LogP contribution in [0.5, 0.6) is 0 Å². The molecule has 0 aliphatic carbocycles. The second-order valence-corrected chi connectivity index (χ2v) is 6.26. The highest BCUT2D eigenvalue weighted by molar-refractivity contribution is 5.85. The summed E-state index contributed by atoms with van der Waals surface area (Å²) >= 11 is 0. The van der Waals surface area contributed by atoms with E-state index in [0.29, 0.717) is 11.0 Å². The van der Waals surface area contributed by atoms with Crippen molar-refractivity contribution in [1.82, 2.24) is 30.0 Å². The van der Waals surface area contributed by atoms with Gasteiger partial charge < -0.3 is 10.6 Å². The number of carbonyl (C=O) groups is 2. The summed E-state index contributed by atoms with van der Waals surface area (Å²) in [6, 6.07) is 0. The Morgan fingerprint density at radius 1 is 1.26 bits per heavy atom. The second-order valence-electron chi connectivity index (χ2n) is 6.26. The van der Waals surface area contributed by atoms with Crippen molar-refractivity contribution in [2.24, 2.45) is 7.05 Å². The van der Waals surface area contributed by atoms with Gasteiger partial charge in [0.2, 0.25) is 11.8 Å². The third kappa shape index (κ3) is 4.15. The molecular weight excluding hydrogens is 300 g/mol. The molecule has 9 nitrogen and oxygen atoms in total. The normalized spacial score (nSPS) is 11.5. The minimum Gasteiger partial charge on any atom is -0.350 e. The first-order valence-electron chi connectivity index (χ1n) is 7.12. The summed E-state index contributed by atoms with van der Waals surface area (Å²) in [6.07, 6.45) is 2.71. The van der Waals surface area contributed by atoms with E-state index in [1.54, 1.807) is 7.05 Å². The van der Waals surface area contributed by atoms with Crippen LogP contribution in [0.15, 0.2) is 17.3 Å². The van der Waals surface area contributed by atoms with E-state index in [1.807, 2.05) is 20.8 Å². The third-order valence-corrected chi connectivity index (χ3v) is 2.99. The molecule has 0 aliphatic rings. The fourth-order valence-corrected chi connectivity index (χ4v) is 2.03. The first-order chi connectivity index (χ1) is 10.7. The van der Waals surface area contributed by atoms with Crippen LogP contribution >= 0.6 is 0 Å². The molecule has 2 aromatic heterocycles. The topological polar surface area (TPSA) is 111 Å². The van der Waals surface area contributed by atoms with E-state index in [-0.39, 0.29) is 30.1 Å². The molecule has 0 saturated carbocycles. The molecule has 0 saturated heterocycles. The average Bonchev–Trinajstić information content (AvgIpc) is 2.80. The number of nitrogens with zero attached hydrogens (tertiary/aromatic N) is 4. The Labute approximate surface area is 132 Å². The molecule has 2 heterocycles. The van der Waals surface area contributed by atoms with Gasteiger partial charge in [0.1, 0.15) is 18.3 Å². The van der Waals surface area contributed by atoms with Gasteiger partial charge in [-0.05, 0) is 20.8 Å². The summed E-state index contributed by atoms with van der Waals surface area (Å²) in [5.74, 6) is -0.736. The average molecular weight is 320 g/mol. The second kappa shape index (κ2) is 6.19. The molecule has 2 rings (SSSR count). The summed E-state index contributed by atoms with van der Waals surface area (Å²) in [6.45, 7) is 5.19. The third-order valence-electron chi connectivity index (χ3n) is 2.99. The molecule has 0 radical (unpaired) electrons. The van der Waals surface area contributed by atoms with E-state index in [9.17, 15) is 14.4 Å². The van der Waals surface area contributed by atoms with E-state index in [0.717, 1.165) is 0 Å². The van der Waals surface area contributed by atoms with Crippen LogP contribution in [0.2, 0.25) is 0 Å². The quantitative estimate of drug-likeness (QED) is 0.763. The van der Waals surface area contributed by atoms with Crippen LogP contribution in [0.1, 0.15) is 20.8 Å². The maximum absolute atomic E-state index is 12.2.